The summed E-state index contributed by atoms with van der Waals surface area (Å²) in [5.41, 5.74) is 0.841. The number of aromatic amines is 1. The molecule has 37 heavy (non-hydrogen) atoms. The van der Waals surface area contributed by atoms with Gasteiger partial charge in [0, 0.05) is 24.4 Å². The Morgan fingerprint density at radius 1 is 1.32 bits per heavy atom. The lowest BCUT2D eigenvalue weighted by Crippen LogP contribution is -2.49. The van der Waals surface area contributed by atoms with Gasteiger partial charge in [-0.3, -0.25) is 14.4 Å². The van der Waals surface area contributed by atoms with E-state index in [1.54, 1.807) is 30.2 Å². The van der Waals surface area contributed by atoms with Crippen molar-refractivity contribution in [2.45, 2.75) is 63.5 Å². The van der Waals surface area contributed by atoms with E-state index < -0.39 is 12.1 Å². The number of halogens is 1. The minimum absolute atomic E-state index is 0.0822. The summed E-state index contributed by atoms with van der Waals surface area (Å²) in [7, 11) is 1.56. The van der Waals surface area contributed by atoms with E-state index in [0.29, 0.717) is 53.3 Å². The van der Waals surface area contributed by atoms with Crippen molar-refractivity contribution in [3.63, 3.8) is 0 Å². The van der Waals surface area contributed by atoms with Gasteiger partial charge in [0.15, 0.2) is 0 Å². The number of nitriles is 1. The molecule has 2 aliphatic heterocycles. The second-order valence-electron chi connectivity index (χ2n) is 10.6. The van der Waals surface area contributed by atoms with Crippen molar-refractivity contribution >= 4 is 40.2 Å². The average molecular weight is 526 g/mol. The highest BCUT2D eigenvalue weighted by Crippen LogP contribution is 2.47. The van der Waals surface area contributed by atoms with Crippen LogP contribution in [0.15, 0.2) is 18.2 Å². The second kappa shape index (κ2) is 10.3. The maximum atomic E-state index is 13.9. The van der Waals surface area contributed by atoms with Gasteiger partial charge in [0.25, 0.3) is 5.91 Å². The Bertz CT molecular complexity index is 1260. The van der Waals surface area contributed by atoms with E-state index in [1.807, 2.05) is 0 Å². The van der Waals surface area contributed by atoms with Crippen LogP contribution < -0.4 is 15.4 Å². The number of methoxy groups -OCH3 is 1. The minimum atomic E-state index is -0.794. The molecule has 0 bridgehead atoms. The van der Waals surface area contributed by atoms with Gasteiger partial charge in [-0.1, -0.05) is 30.9 Å². The number of amides is 3. The Hall–Kier alpha value is -3.25. The highest BCUT2D eigenvalue weighted by atomic mass is 35.5. The van der Waals surface area contributed by atoms with E-state index in [2.05, 4.69) is 21.7 Å². The molecule has 3 aliphatic rings. The van der Waals surface area contributed by atoms with Crippen molar-refractivity contribution in [3.8, 4) is 11.8 Å². The zero-order valence-electron chi connectivity index (χ0n) is 20.9. The number of hydrogen-bond acceptors (Lipinski definition) is 5. The lowest BCUT2D eigenvalue weighted by Gasteiger charge is -2.32. The number of ether oxygens (including phenoxy) is 1. The molecule has 3 atom stereocenters. The molecule has 0 radical (unpaired) electrons. The molecule has 5 rings (SSSR count). The van der Waals surface area contributed by atoms with Crippen molar-refractivity contribution < 1.29 is 19.1 Å². The predicted octanol–water partition coefficient (Wildman–Crippen LogP) is 3.53. The zero-order valence-corrected chi connectivity index (χ0v) is 21.7. The smallest absolute Gasteiger partial charge is 0.271 e. The normalized spacial score (nSPS) is 23.6. The van der Waals surface area contributed by atoms with Crippen molar-refractivity contribution in [2.24, 2.45) is 11.3 Å². The first-order chi connectivity index (χ1) is 17.8. The molecule has 1 spiro atoms. The van der Waals surface area contributed by atoms with Gasteiger partial charge >= 0.3 is 0 Å². The molecule has 1 saturated carbocycles. The second-order valence-corrected chi connectivity index (χ2v) is 11.0. The molecule has 2 saturated heterocycles. The van der Waals surface area contributed by atoms with Crippen molar-refractivity contribution in [2.75, 3.05) is 20.2 Å². The van der Waals surface area contributed by atoms with Crippen LogP contribution >= 0.6 is 11.6 Å². The largest absolute Gasteiger partial charge is 0.496 e. The number of fused-ring (bicyclic) bond motifs is 1. The maximum Gasteiger partial charge on any atom is 0.271 e. The number of likely N-dealkylation sites (tertiary alicyclic amines) is 1. The standard InChI is InChI=1S/C27H32ClN5O4/c1-37-22-6-5-19(28)23-18(22)12-20(32-23)26(36)33-15-27(8-3-2-4-9-27)13-21(33)25(35)31-17(14-29)11-16-7-10-30-24(16)34/h5-6,12,16-17,21,32H,2-4,7-11,13,15H2,1H3,(H,30,34)(H,31,35)/t16-,17?,21?/m0/s1. The summed E-state index contributed by atoms with van der Waals surface area (Å²) < 4.78 is 5.44. The van der Waals surface area contributed by atoms with Gasteiger partial charge in [0.2, 0.25) is 11.8 Å². The number of nitrogens with one attached hydrogen (secondary N) is 3. The molecular formula is C27H32ClN5O4. The number of carbonyl (C=O) groups excluding carboxylic acids is 3. The minimum Gasteiger partial charge on any atom is -0.496 e. The van der Waals surface area contributed by atoms with Crippen molar-refractivity contribution in [3.05, 3.63) is 28.9 Å². The summed E-state index contributed by atoms with van der Waals surface area (Å²) in [5, 5.41) is 16.5. The van der Waals surface area contributed by atoms with Crippen LogP contribution in [0, 0.1) is 22.7 Å². The first-order valence-electron chi connectivity index (χ1n) is 13.0. The van der Waals surface area contributed by atoms with Gasteiger partial charge in [-0.2, -0.15) is 5.26 Å². The molecule has 9 nitrogen and oxygen atoms in total. The Kier molecular flexibility index (Phi) is 7.04. The Labute approximate surface area is 220 Å². The van der Waals surface area contributed by atoms with Crippen LogP contribution in [-0.4, -0.2) is 59.9 Å². The van der Waals surface area contributed by atoms with Gasteiger partial charge in [-0.25, -0.2) is 0 Å². The number of aromatic nitrogens is 1. The third-order valence-corrected chi connectivity index (χ3v) is 8.61. The fourth-order valence-corrected chi connectivity index (χ4v) is 6.55. The molecule has 3 heterocycles. The lowest BCUT2D eigenvalue weighted by molar-refractivity contribution is -0.126. The number of benzene rings is 1. The monoisotopic (exact) mass is 525 g/mol. The maximum absolute atomic E-state index is 13.9. The van der Waals surface area contributed by atoms with Crippen LogP contribution in [0.25, 0.3) is 10.9 Å². The highest BCUT2D eigenvalue weighted by Gasteiger charge is 2.49. The summed E-state index contributed by atoms with van der Waals surface area (Å²) in [6.07, 6.45) is 6.73. The summed E-state index contributed by atoms with van der Waals surface area (Å²) >= 11 is 6.38. The fraction of sp³-hybridized carbons (Fsp3) is 0.556. The zero-order chi connectivity index (χ0) is 26.2. The topological polar surface area (TPSA) is 127 Å². The van der Waals surface area contributed by atoms with Crippen LogP contribution in [-0.2, 0) is 9.59 Å². The van der Waals surface area contributed by atoms with E-state index in [0.717, 1.165) is 32.1 Å². The number of carbonyl (C=O) groups is 3. The van der Waals surface area contributed by atoms with Crippen molar-refractivity contribution in [1.82, 2.24) is 20.5 Å². The molecule has 3 fully saturated rings. The predicted molar refractivity (Wildman–Crippen MR) is 138 cm³/mol. The average Bonchev–Trinajstić information content (AvgIpc) is 3.62. The van der Waals surface area contributed by atoms with Crippen LogP contribution in [0.4, 0.5) is 0 Å². The van der Waals surface area contributed by atoms with Gasteiger partial charge in [0.1, 0.15) is 23.5 Å². The summed E-state index contributed by atoms with van der Waals surface area (Å²) in [5.74, 6) is -0.390. The molecule has 3 N–H and O–H groups in total. The molecule has 1 aromatic heterocycles. The summed E-state index contributed by atoms with van der Waals surface area (Å²) in [6.45, 7) is 1.08. The van der Waals surface area contributed by atoms with Gasteiger partial charge in [-0.15, -0.1) is 0 Å². The van der Waals surface area contributed by atoms with Crippen LogP contribution in [0.1, 0.15) is 61.9 Å². The third kappa shape index (κ3) is 4.87. The molecule has 2 unspecified atom stereocenters. The molecular weight excluding hydrogens is 494 g/mol. The van der Waals surface area contributed by atoms with E-state index in [9.17, 15) is 19.6 Å². The van der Waals surface area contributed by atoms with Gasteiger partial charge in [-0.05, 0) is 55.7 Å². The third-order valence-electron chi connectivity index (χ3n) is 8.29. The molecule has 3 amide bonds. The van der Waals surface area contributed by atoms with E-state index in [4.69, 9.17) is 16.3 Å². The summed E-state index contributed by atoms with van der Waals surface area (Å²) in [6, 6.07) is 5.84. The van der Waals surface area contributed by atoms with Gasteiger partial charge in [0.05, 0.1) is 23.7 Å². The number of hydrogen-bond donors (Lipinski definition) is 3. The first kappa shape index (κ1) is 25.4. The quantitative estimate of drug-likeness (QED) is 0.531. The van der Waals surface area contributed by atoms with Crippen LogP contribution in [0.2, 0.25) is 5.02 Å². The number of nitrogens with zero attached hydrogens (tertiary/aromatic N) is 2. The van der Waals surface area contributed by atoms with Crippen molar-refractivity contribution in [1.29, 1.82) is 5.26 Å². The van der Waals surface area contributed by atoms with E-state index >= 15 is 0 Å². The molecule has 10 heteroatoms. The Morgan fingerprint density at radius 3 is 2.78 bits per heavy atom. The molecule has 2 aromatic rings. The fourth-order valence-electron chi connectivity index (χ4n) is 6.34. The number of rotatable bonds is 6. The van der Waals surface area contributed by atoms with E-state index in [1.165, 1.54) is 0 Å². The Balaban J connectivity index is 1.41. The van der Waals surface area contributed by atoms with E-state index in [-0.39, 0.29) is 35.5 Å². The van der Waals surface area contributed by atoms with Gasteiger partial charge < -0.3 is 25.3 Å². The Morgan fingerprint density at radius 2 is 2.11 bits per heavy atom. The molecule has 196 valence electrons. The van der Waals surface area contributed by atoms with Crippen LogP contribution in [0.5, 0.6) is 5.75 Å². The SMILES string of the molecule is COc1ccc(Cl)c2[nH]c(C(=O)N3CC4(CCCCC4)CC3C(=O)NC(C#N)C[C@@H]3CCNC3=O)cc12. The first-order valence-corrected chi connectivity index (χ1v) is 13.4. The molecule has 1 aromatic carbocycles. The summed E-state index contributed by atoms with van der Waals surface area (Å²) in [4.78, 5) is 44.2. The lowest BCUT2D eigenvalue weighted by atomic mass is 9.72. The highest BCUT2D eigenvalue weighted by molar-refractivity contribution is 6.35. The molecule has 1 aliphatic carbocycles. The van der Waals surface area contributed by atoms with Crippen LogP contribution in [0.3, 0.4) is 0 Å². The number of H-pyrrole nitrogens is 1.